The number of rotatable bonds is 10. The van der Waals surface area contributed by atoms with E-state index >= 15 is 0 Å². The lowest BCUT2D eigenvalue weighted by Crippen LogP contribution is -2.27. The predicted molar refractivity (Wildman–Crippen MR) is 106 cm³/mol. The Bertz CT molecular complexity index is 748. The molecule has 7 heteroatoms. The van der Waals surface area contributed by atoms with Gasteiger partial charge in [0, 0.05) is 36.3 Å². The van der Waals surface area contributed by atoms with Crippen molar-refractivity contribution in [2.45, 2.75) is 33.7 Å². The van der Waals surface area contributed by atoms with Crippen LogP contribution in [0.2, 0.25) is 0 Å². The van der Waals surface area contributed by atoms with E-state index in [1.807, 2.05) is 31.2 Å². The van der Waals surface area contributed by atoms with Crippen LogP contribution in [0.4, 0.5) is 5.69 Å². The van der Waals surface area contributed by atoms with Crippen LogP contribution in [0, 0.1) is 6.92 Å². The summed E-state index contributed by atoms with van der Waals surface area (Å²) >= 11 is 1.16. The van der Waals surface area contributed by atoms with E-state index in [9.17, 15) is 9.59 Å². The number of carbonyl (C=O) groups excluding carboxylic acids is 1. The van der Waals surface area contributed by atoms with E-state index in [-0.39, 0.29) is 17.2 Å². The second kappa shape index (κ2) is 10.1. The lowest BCUT2D eigenvalue weighted by molar-refractivity contribution is -0.116. The van der Waals surface area contributed by atoms with Crippen molar-refractivity contribution >= 4 is 22.9 Å². The van der Waals surface area contributed by atoms with Crippen molar-refractivity contribution in [2.75, 3.05) is 31.6 Å². The third-order valence-corrected chi connectivity index (χ3v) is 5.13. The number of nitrogens with one attached hydrogen (secondary N) is 1. The molecule has 0 aliphatic carbocycles. The van der Waals surface area contributed by atoms with Gasteiger partial charge in [0.25, 0.3) is 0 Å². The summed E-state index contributed by atoms with van der Waals surface area (Å²) in [5.41, 5.74) is 1.61. The third-order valence-electron chi connectivity index (χ3n) is 4.25. The van der Waals surface area contributed by atoms with Gasteiger partial charge in [-0.25, -0.2) is 0 Å². The van der Waals surface area contributed by atoms with Gasteiger partial charge in [-0.2, -0.15) is 0 Å². The lowest BCUT2D eigenvalue weighted by atomic mass is 10.3. The van der Waals surface area contributed by atoms with Crippen molar-refractivity contribution in [3.63, 3.8) is 0 Å². The summed E-state index contributed by atoms with van der Waals surface area (Å²) in [4.78, 5) is 26.0. The van der Waals surface area contributed by atoms with Gasteiger partial charge in [-0.1, -0.05) is 25.2 Å². The number of benzene rings is 1. The zero-order chi connectivity index (χ0) is 18.9. The normalized spacial score (nSPS) is 10.9. The lowest BCUT2D eigenvalue weighted by Gasteiger charge is -2.18. The molecule has 0 aliphatic rings. The minimum absolute atomic E-state index is 0.0264. The first-order valence-corrected chi connectivity index (χ1v) is 9.81. The Balaban J connectivity index is 1.77. The summed E-state index contributed by atoms with van der Waals surface area (Å²) in [6, 6.07) is 7.36. The number of nitrogens with zero attached hydrogens (tertiary/aromatic N) is 2. The molecule has 6 nitrogen and oxygen atoms in total. The molecule has 1 N–H and O–H groups in total. The van der Waals surface area contributed by atoms with Crippen LogP contribution in [-0.4, -0.2) is 41.6 Å². The molecule has 0 atom stereocenters. The fourth-order valence-electron chi connectivity index (χ4n) is 2.58. The molecule has 1 heterocycles. The Morgan fingerprint density at radius 1 is 1.23 bits per heavy atom. The van der Waals surface area contributed by atoms with Crippen molar-refractivity contribution in [1.29, 1.82) is 0 Å². The summed E-state index contributed by atoms with van der Waals surface area (Å²) < 4.78 is 7.35. The highest BCUT2D eigenvalue weighted by molar-refractivity contribution is 7.07. The largest absolute Gasteiger partial charge is 0.492 e. The summed E-state index contributed by atoms with van der Waals surface area (Å²) in [5.74, 6) is 0.674. The van der Waals surface area contributed by atoms with Gasteiger partial charge in [-0.05, 0) is 44.3 Å². The van der Waals surface area contributed by atoms with Crippen LogP contribution >= 0.6 is 11.3 Å². The zero-order valence-electron chi connectivity index (χ0n) is 15.7. The molecular formula is C19H27N3O3S. The highest BCUT2D eigenvalue weighted by Crippen LogP contribution is 2.16. The first-order chi connectivity index (χ1) is 12.5. The fraction of sp³-hybridized carbons (Fsp3) is 0.474. The van der Waals surface area contributed by atoms with Gasteiger partial charge in [0.05, 0.1) is 0 Å². The zero-order valence-corrected chi connectivity index (χ0v) is 16.5. The second-order valence-corrected chi connectivity index (χ2v) is 6.81. The number of hydrogen-bond donors (Lipinski definition) is 1. The number of thiazole rings is 1. The minimum atomic E-state index is -0.113. The Morgan fingerprint density at radius 2 is 1.92 bits per heavy atom. The average Bonchev–Trinajstić information content (AvgIpc) is 2.96. The van der Waals surface area contributed by atoms with Crippen LogP contribution < -0.4 is 14.9 Å². The van der Waals surface area contributed by atoms with Crippen molar-refractivity contribution in [3.8, 4) is 5.75 Å². The van der Waals surface area contributed by atoms with Gasteiger partial charge in [0.15, 0.2) is 0 Å². The number of aromatic nitrogens is 1. The summed E-state index contributed by atoms with van der Waals surface area (Å²) in [6.07, 6.45) is 0.263. The Labute approximate surface area is 158 Å². The molecule has 0 fully saturated rings. The molecule has 0 saturated carbocycles. The Hall–Kier alpha value is -2.12. The highest BCUT2D eigenvalue weighted by atomic mass is 32.1. The minimum Gasteiger partial charge on any atom is -0.492 e. The molecule has 142 valence electrons. The van der Waals surface area contributed by atoms with Gasteiger partial charge in [-0.3, -0.25) is 9.59 Å². The van der Waals surface area contributed by atoms with E-state index in [1.54, 1.807) is 9.95 Å². The van der Waals surface area contributed by atoms with Gasteiger partial charge in [0.1, 0.15) is 12.4 Å². The maximum absolute atomic E-state index is 12.1. The number of likely N-dealkylation sites (N-methyl/N-ethyl adjacent to an activating group) is 1. The summed E-state index contributed by atoms with van der Waals surface area (Å²) in [7, 11) is 0. The quantitative estimate of drug-likeness (QED) is 0.691. The first-order valence-electron chi connectivity index (χ1n) is 8.93. The molecule has 0 spiro atoms. The van der Waals surface area contributed by atoms with Gasteiger partial charge in [-0.15, -0.1) is 0 Å². The molecule has 2 rings (SSSR count). The van der Waals surface area contributed by atoms with Crippen LogP contribution in [0.15, 0.2) is 34.4 Å². The number of aryl methyl sites for hydroxylation is 1. The van der Waals surface area contributed by atoms with E-state index in [4.69, 9.17) is 4.74 Å². The topological polar surface area (TPSA) is 63.6 Å². The van der Waals surface area contributed by atoms with Crippen LogP contribution in [-0.2, 0) is 11.3 Å². The Kier molecular flexibility index (Phi) is 7.87. The van der Waals surface area contributed by atoms with E-state index in [0.29, 0.717) is 13.2 Å². The van der Waals surface area contributed by atoms with E-state index in [0.717, 1.165) is 48.1 Å². The molecule has 0 bridgehead atoms. The third kappa shape index (κ3) is 6.00. The standard InChI is InChI=1S/C19H27N3O3S/c1-4-21(5-2)12-13-25-17-8-6-16(7-9-17)20-18(23)10-11-22-15(3)14-26-19(22)24/h6-9,14H,4-5,10-13H2,1-3H3,(H,20,23). The Morgan fingerprint density at radius 3 is 2.50 bits per heavy atom. The molecule has 0 saturated heterocycles. The molecule has 0 aliphatic heterocycles. The fourth-order valence-corrected chi connectivity index (χ4v) is 3.34. The van der Waals surface area contributed by atoms with Crippen LogP contribution in [0.5, 0.6) is 5.75 Å². The SMILES string of the molecule is CCN(CC)CCOc1ccc(NC(=O)CCn2c(C)csc2=O)cc1. The van der Waals surface area contributed by atoms with Gasteiger partial charge >= 0.3 is 4.87 Å². The van der Waals surface area contributed by atoms with Crippen LogP contribution in [0.1, 0.15) is 26.0 Å². The first kappa shape index (κ1) is 20.2. The van der Waals surface area contributed by atoms with Crippen molar-refractivity contribution in [3.05, 3.63) is 45.0 Å². The van der Waals surface area contributed by atoms with E-state index in [1.165, 1.54) is 0 Å². The molecule has 0 unspecified atom stereocenters. The molecular weight excluding hydrogens is 350 g/mol. The number of ether oxygens (including phenoxy) is 1. The maximum atomic E-state index is 12.1. The van der Waals surface area contributed by atoms with Crippen molar-refractivity contribution in [2.24, 2.45) is 0 Å². The molecule has 1 aromatic heterocycles. The van der Waals surface area contributed by atoms with Crippen molar-refractivity contribution in [1.82, 2.24) is 9.47 Å². The molecule has 1 amide bonds. The number of amides is 1. The van der Waals surface area contributed by atoms with E-state index in [2.05, 4.69) is 24.1 Å². The number of hydrogen-bond acceptors (Lipinski definition) is 5. The average molecular weight is 378 g/mol. The van der Waals surface area contributed by atoms with Crippen LogP contribution in [0.3, 0.4) is 0 Å². The van der Waals surface area contributed by atoms with E-state index < -0.39 is 0 Å². The second-order valence-electron chi connectivity index (χ2n) is 5.99. The molecule has 26 heavy (non-hydrogen) atoms. The number of carbonyl (C=O) groups is 1. The smallest absolute Gasteiger partial charge is 0.307 e. The summed E-state index contributed by atoms with van der Waals surface area (Å²) in [5, 5.41) is 4.65. The molecule has 2 aromatic rings. The monoisotopic (exact) mass is 377 g/mol. The number of anilines is 1. The van der Waals surface area contributed by atoms with Crippen LogP contribution in [0.25, 0.3) is 0 Å². The molecule has 1 aromatic carbocycles. The van der Waals surface area contributed by atoms with Crippen molar-refractivity contribution < 1.29 is 9.53 Å². The predicted octanol–water partition coefficient (Wildman–Crippen LogP) is 2.97. The van der Waals surface area contributed by atoms with Gasteiger partial charge in [0.2, 0.25) is 5.91 Å². The van der Waals surface area contributed by atoms with Gasteiger partial charge < -0.3 is 19.5 Å². The summed E-state index contributed by atoms with van der Waals surface area (Å²) in [6.45, 7) is 10.1. The highest BCUT2D eigenvalue weighted by Gasteiger charge is 2.07. The maximum Gasteiger partial charge on any atom is 0.307 e. The molecule has 0 radical (unpaired) electrons.